The first-order valence-corrected chi connectivity index (χ1v) is 8.38. The smallest absolute Gasteiger partial charge is 0.242 e. The number of amides is 2. The highest BCUT2D eigenvalue weighted by atomic mass is 35.5. The van der Waals surface area contributed by atoms with E-state index in [4.69, 9.17) is 11.6 Å². The van der Waals surface area contributed by atoms with Gasteiger partial charge in [0.25, 0.3) is 0 Å². The number of anilines is 2. The van der Waals surface area contributed by atoms with Gasteiger partial charge in [-0.25, -0.2) is 0 Å². The molecule has 0 unspecified atom stereocenters. The number of hydrogen-bond donors (Lipinski definition) is 1. The number of hydrogen-bond acceptors (Lipinski definition) is 2. The van der Waals surface area contributed by atoms with Crippen molar-refractivity contribution in [2.24, 2.45) is 5.41 Å². The zero-order valence-electron chi connectivity index (χ0n) is 13.5. The minimum absolute atomic E-state index is 0.143. The largest absolute Gasteiger partial charge is 0.325 e. The quantitative estimate of drug-likeness (QED) is 0.831. The van der Waals surface area contributed by atoms with Gasteiger partial charge in [-0.2, -0.15) is 0 Å². The second-order valence-electron chi connectivity index (χ2n) is 5.93. The lowest BCUT2D eigenvalue weighted by Gasteiger charge is -2.26. The van der Waals surface area contributed by atoms with Crippen LogP contribution in [0.2, 0.25) is 5.02 Å². The number of nitrogens with one attached hydrogen (secondary N) is 1. The number of rotatable bonds is 5. The molecule has 4 nitrogen and oxygen atoms in total. The summed E-state index contributed by atoms with van der Waals surface area (Å²) in [6.07, 6.45) is 1.14. The fourth-order valence-corrected chi connectivity index (χ4v) is 2.98. The lowest BCUT2D eigenvalue weighted by molar-refractivity contribution is -0.132. The molecular weight excluding hydrogens is 324 g/mol. The van der Waals surface area contributed by atoms with Crippen LogP contribution in [-0.4, -0.2) is 18.4 Å². The molecule has 0 aliphatic heterocycles. The summed E-state index contributed by atoms with van der Waals surface area (Å²) >= 11 is 5.95. The molecule has 0 spiro atoms. The lowest BCUT2D eigenvalue weighted by atomic mass is 10.0. The maximum atomic E-state index is 13.0. The molecule has 1 N–H and O–H groups in total. The highest BCUT2D eigenvalue weighted by Crippen LogP contribution is 2.48. The Morgan fingerprint density at radius 1 is 1.12 bits per heavy atom. The van der Waals surface area contributed by atoms with Gasteiger partial charge in [-0.1, -0.05) is 35.9 Å². The summed E-state index contributed by atoms with van der Waals surface area (Å²) in [6.45, 7) is 2.44. The topological polar surface area (TPSA) is 49.4 Å². The molecule has 0 radical (unpaired) electrons. The molecule has 1 saturated carbocycles. The predicted molar refractivity (Wildman–Crippen MR) is 96.2 cm³/mol. The fourth-order valence-electron chi connectivity index (χ4n) is 2.79. The molecule has 1 fully saturated rings. The van der Waals surface area contributed by atoms with Crippen LogP contribution >= 0.6 is 11.6 Å². The van der Waals surface area contributed by atoms with Crippen molar-refractivity contribution >= 4 is 34.8 Å². The summed E-state index contributed by atoms with van der Waals surface area (Å²) in [5.74, 6) is -0.403. The maximum Gasteiger partial charge on any atom is 0.242 e. The van der Waals surface area contributed by atoms with Gasteiger partial charge in [-0.05, 0) is 50.1 Å². The van der Waals surface area contributed by atoms with E-state index >= 15 is 0 Å². The number of carbonyl (C=O) groups excluding carboxylic acids is 2. The molecule has 0 bridgehead atoms. The summed E-state index contributed by atoms with van der Waals surface area (Å²) in [5.41, 5.74) is 0.454. The van der Waals surface area contributed by atoms with Gasteiger partial charge in [-0.3, -0.25) is 9.59 Å². The van der Waals surface area contributed by atoms with Crippen molar-refractivity contribution in [2.45, 2.75) is 19.8 Å². The van der Waals surface area contributed by atoms with Gasteiger partial charge >= 0.3 is 0 Å². The average Bonchev–Trinajstić information content (AvgIpc) is 3.38. The van der Waals surface area contributed by atoms with Crippen molar-refractivity contribution < 1.29 is 9.59 Å². The zero-order valence-corrected chi connectivity index (χ0v) is 14.2. The van der Waals surface area contributed by atoms with E-state index < -0.39 is 5.41 Å². The summed E-state index contributed by atoms with van der Waals surface area (Å²) in [4.78, 5) is 27.4. The van der Waals surface area contributed by atoms with Gasteiger partial charge in [0.2, 0.25) is 11.8 Å². The predicted octanol–water partition coefficient (Wildman–Crippen LogP) is 4.11. The molecular formula is C19H19ClN2O2. The van der Waals surface area contributed by atoms with Crippen molar-refractivity contribution in [1.29, 1.82) is 0 Å². The SMILES string of the molecule is CCN(C(=O)C1(C(=O)Nc2cccc(Cl)c2)CC1)c1ccccc1. The normalized spacial score (nSPS) is 14.8. The molecule has 2 amide bonds. The van der Waals surface area contributed by atoms with Crippen LogP contribution in [0, 0.1) is 5.41 Å². The molecule has 3 rings (SSSR count). The molecule has 0 heterocycles. The Kier molecular flexibility index (Phi) is 4.58. The van der Waals surface area contributed by atoms with Crippen molar-refractivity contribution in [3.05, 3.63) is 59.6 Å². The van der Waals surface area contributed by atoms with E-state index in [2.05, 4.69) is 5.32 Å². The second-order valence-corrected chi connectivity index (χ2v) is 6.37. The molecule has 0 atom stereocenters. The first-order chi connectivity index (χ1) is 11.6. The number of carbonyl (C=O) groups is 2. The Labute approximate surface area is 146 Å². The van der Waals surface area contributed by atoms with E-state index in [1.54, 1.807) is 29.2 Å². The highest BCUT2D eigenvalue weighted by Gasteiger charge is 2.58. The van der Waals surface area contributed by atoms with Crippen LogP contribution in [0.3, 0.4) is 0 Å². The number of nitrogens with zero attached hydrogens (tertiary/aromatic N) is 1. The van der Waals surface area contributed by atoms with Gasteiger partial charge in [0.1, 0.15) is 5.41 Å². The van der Waals surface area contributed by atoms with Gasteiger partial charge in [0.05, 0.1) is 0 Å². The standard InChI is InChI=1S/C19H19ClN2O2/c1-2-22(16-9-4-3-5-10-16)18(24)19(11-12-19)17(23)21-15-8-6-7-14(20)13-15/h3-10,13H,2,11-12H2,1H3,(H,21,23). The molecule has 1 aliphatic carbocycles. The Hall–Kier alpha value is -2.33. The monoisotopic (exact) mass is 342 g/mol. The summed E-state index contributed by atoms with van der Waals surface area (Å²) in [5, 5.41) is 3.37. The van der Waals surface area contributed by atoms with Crippen LogP contribution in [0.15, 0.2) is 54.6 Å². The number of halogens is 1. The molecule has 0 saturated heterocycles. The minimum Gasteiger partial charge on any atom is -0.325 e. The van der Waals surface area contributed by atoms with Crippen LogP contribution in [0.4, 0.5) is 11.4 Å². The average molecular weight is 343 g/mol. The third-order valence-electron chi connectivity index (χ3n) is 4.31. The summed E-state index contributed by atoms with van der Waals surface area (Å²) in [7, 11) is 0. The van der Waals surface area contributed by atoms with Crippen molar-refractivity contribution in [3.63, 3.8) is 0 Å². The van der Waals surface area contributed by atoms with Crippen LogP contribution in [0.5, 0.6) is 0 Å². The third kappa shape index (κ3) is 3.15. The van der Waals surface area contributed by atoms with Crippen LogP contribution < -0.4 is 10.2 Å². The van der Waals surface area contributed by atoms with E-state index in [0.717, 1.165) is 5.69 Å². The zero-order chi connectivity index (χ0) is 17.2. The van der Waals surface area contributed by atoms with Crippen molar-refractivity contribution in [1.82, 2.24) is 0 Å². The summed E-state index contributed by atoms with van der Waals surface area (Å²) < 4.78 is 0. The Morgan fingerprint density at radius 3 is 2.42 bits per heavy atom. The van der Waals surface area contributed by atoms with E-state index in [1.165, 1.54) is 0 Å². The molecule has 24 heavy (non-hydrogen) atoms. The van der Waals surface area contributed by atoms with Crippen LogP contribution in [0.1, 0.15) is 19.8 Å². The van der Waals surface area contributed by atoms with Crippen LogP contribution in [-0.2, 0) is 9.59 Å². The maximum absolute atomic E-state index is 13.0. The van der Waals surface area contributed by atoms with Crippen LogP contribution in [0.25, 0.3) is 0 Å². The van der Waals surface area contributed by atoms with Gasteiger partial charge in [0, 0.05) is 22.9 Å². The molecule has 2 aromatic rings. The first kappa shape index (κ1) is 16.5. The highest BCUT2D eigenvalue weighted by molar-refractivity contribution is 6.31. The van der Waals surface area contributed by atoms with Gasteiger partial charge in [-0.15, -0.1) is 0 Å². The summed E-state index contributed by atoms with van der Waals surface area (Å²) in [6, 6.07) is 16.4. The van der Waals surface area contributed by atoms with Gasteiger partial charge < -0.3 is 10.2 Å². The lowest BCUT2D eigenvalue weighted by Crippen LogP contribution is -2.43. The van der Waals surface area contributed by atoms with Gasteiger partial charge in [0.15, 0.2) is 0 Å². The molecule has 0 aromatic heterocycles. The number of benzene rings is 2. The Balaban J connectivity index is 1.79. The Morgan fingerprint density at radius 2 is 1.83 bits per heavy atom. The Bertz CT molecular complexity index is 757. The number of para-hydroxylation sites is 1. The second kappa shape index (κ2) is 6.65. The molecule has 2 aromatic carbocycles. The third-order valence-corrected chi connectivity index (χ3v) is 4.54. The molecule has 124 valence electrons. The fraction of sp³-hybridized carbons (Fsp3) is 0.263. The minimum atomic E-state index is -0.964. The van der Waals surface area contributed by atoms with E-state index in [0.29, 0.717) is 30.1 Å². The van der Waals surface area contributed by atoms with E-state index in [-0.39, 0.29) is 11.8 Å². The molecule has 1 aliphatic rings. The van der Waals surface area contributed by atoms with E-state index in [1.807, 2.05) is 37.3 Å². The molecule has 5 heteroatoms. The van der Waals surface area contributed by atoms with E-state index in [9.17, 15) is 9.59 Å². The van der Waals surface area contributed by atoms with Crippen molar-refractivity contribution in [3.8, 4) is 0 Å². The first-order valence-electron chi connectivity index (χ1n) is 8.01. The van der Waals surface area contributed by atoms with Crippen molar-refractivity contribution in [2.75, 3.05) is 16.8 Å².